The van der Waals surface area contributed by atoms with Gasteiger partial charge in [0, 0.05) is 12.7 Å². The third kappa shape index (κ3) is 4.27. The quantitative estimate of drug-likeness (QED) is 0.625. The Hall–Kier alpha value is -1.22. The number of hydrogen-bond donors (Lipinski definition) is 1. The summed E-state index contributed by atoms with van der Waals surface area (Å²) in [6, 6.07) is 1.97. The predicted molar refractivity (Wildman–Crippen MR) is 69.6 cm³/mol. The zero-order valence-corrected chi connectivity index (χ0v) is 10.6. The monoisotopic (exact) mass is 231 g/mol. The molecule has 1 aliphatic rings. The van der Waals surface area contributed by atoms with E-state index < -0.39 is 0 Å². The fraction of sp³-hybridized carbons (Fsp3) is 0.571. The zero-order chi connectivity index (χ0) is 11.9. The Bertz CT molecular complexity index is 385. The first-order valence-electron chi connectivity index (χ1n) is 6.52. The van der Waals surface area contributed by atoms with Gasteiger partial charge in [0.05, 0.1) is 5.69 Å². The van der Waals surface area contributed by atoms with Crippen LogP contribution in [0.3, 0.4) is 0 Å². The van der Waals surface area contributed by atoms with E-state index in [1.165, 1.54) is 32.1 Å². The Morgan fingerprint density at radius 3 is 3.06 bits per heavy atom. The van der Waals surface area contributed by atoms with E-state index in [0.717, 1.165) is 24.6 Å². The molecule has 1 aliphatic carbocycles. The van der Waals surface area contributed by atoms with Gasteiger partial charge in [0.15, 0.2) is 0 Å². The van der Waals surface area contributed by atoms with Gasteiger partial charge in [-0.25, -0.2) is 9.97 Å². The number of aromatic nitrogens is 2. The number of aryl methyl sites for hydroxylation is 1. The molecule has 0 fully saturated rings. The first kappa shape index (κ1) is 12.2. The van der Waals surface area contributed by atoms with E-state index in [0.29, 0.717) is 0 Å². The van der Waals surface area contributed by atoms with Crippen LogP contribution in [-0.2, 0) is 6.54 Å². The van der Waals surface area contributed by atoms with Crippen molar-refractivity contribution in [2.24, 2.45) is 0 Å². The summed E-state index contributed by atoms with van der Waals surface area (Å²) in [6.07, 6.45) is 10.7. The van der Waals surface area contributed by atoms with Crippen LogP contribution in [0, 0.1) is 6.92 Å². The van der Waals surface area contributed by atoms with Gasteiger partial charge in [-0.05, 0) is 51.6 Å². The summed E-state index contributed by atoms with van der Waals surface area (Å²) in [4.78, 5) is 8.46. The molecule has 3 nitrogen and oxygen atoms in total. The van der Waals surface area contributed by atoms with Crippen LogP contribution in [0.1, 0.15) is 43.6 Å². The number of nitrogens with zero attached hydrogens (tertiary/aromatic N) is 2. The van der Waals surface area contributed by atoms with E-state index in [2.05, 4.69) is 21.4 Å². The molecule has 0 aliphatic heterocycles. The van der Waals surface area contributed by atoms with Crippen molar-refractivity contribution in [1.82, 2.24) is 15.3 Å². The molecule has 0 aromatic carbocycles. The molecule has 0 amide bonds. The van der Waals surface area contributed by atoms with Gasteiger partial charge >= 0.3 is 0 Å². The molecule has 17 heavy (non-hydrogen) atoms. The highest BCUT2D eigenvalue weighted by Crippen LogP contribution is 2.19. The molecule has 0 radical (unpaired) electrons. The molecule has 1 heterocycles. The largest absolute Gasteiger partial charge is 0.311 e. The molecular formula is C14H21N3. The Labute approximate surface area is 103 Å². The van der Waals surface area contributed by atoms with Crippen LogP contribution in [0.25, 0.3) is 0 Å². The van der Waals surface area contributed by atoms with Crippen molar-refractivity contribution in [3.8, 4) is 0 Å². The molecule has 3 heteroatoms. The summed E-state index contributed by atoms with van der Waals surface area (Å²) in [6.45, 7) is 3.82. The van der Waals surface area contributed by atoms with Crippen molar-refractivity contribution >= 4 is 0 Å². The standard InChI is InChI=1S/C14H21N3/c1-12-16-10-8-14(17-12)11-15-9-7-13-5-3-2-4-6-13/h5,8,10,15H,2-4,6-7,9,11H2,1H3. The lowest BCUT2D eigenvalue weighted by atomic mass is 9.97. The minimum absolute atomic E-state index is 0.844. The Morgan fingerprint density at radius 2 is 2.29 bits per heavy atom. The molecule has 92 valence electrons. The Kier molecular flexibility index (Phi) is 4.68. The fourth-order valence-corrected chi connectivity index (χ4v) is 2.20. The third-order valence-corrected chi connectivity index (χ3v) is 3.15. The molecule has 2 rings (SSSR count). The van der Waals surface area contributed by atoms with Crippen LogP contribution in [0.5, 0.6) is 0 Å². The molecule has 0 saturated heterocycles. The molecule has 0 spiro atoms. The summed E-state index contributed by atoms with van der Waals surface area (Å²) in [7, 11) is 0. The SMILES string of the molecule is Cc1nccc(CNCCC2=CCCCC2)n1. The molecule has 1 N–H and O–H groups in total. The van der Waals surface area contributed by atoms with Crippen LogP contribution in [0.4, 0.5) is 0 Å². The maximum absolute atomic E-state index is 4.37. The van der Waals surface area contributed by atoms with Gasteiger partial charge < -0.3 is 5.32 Å². The second kappa shape index (κ2) is 6.50. The maximum Gasteiger partial charge on any atom is 0.125 e. The average molecular weight is 231 g/mol. The van der Waals surface area contributed by atoms with Gasteiger partial charge in [0.1, 0.15) is 5.82 Å². The first-order valence-corrected chi connectivity index (χ1v) is 6.52. The van der Waals surface area contributed by atoms with Gasteiger partial charge in [-0.15, -0.1) is 0 Å². The molecule has 0 atom stereocenters. The topological polar surface area (TPSA) is 37.8 Å². The van der Waals surface area contributed by atoms with Gasteiger partial charge in [-0.2, -0.15) is 0 Å². The van der Waals surface area contributed by atoms with E-state index in [1.807, 2.05) is 19.2 Å². The minimum Gasteiger partial charge on any atom is -0.311 e. The van der Waals surface area contributed by atoms with Crippen molar-refractivity contribution < 1.29 is 0 Å². The summed E-state index contributed by atoms with van der Waals surface area (Å²) < 4.78 is 0. The lowest BCUT2D eigenvalue weighted by Gasteiger charge is -2.12. The number of hydrogen-bond acceptors (Lipinski definition) is 3. The number of rotatable bonds is 5. The van der Waals surface area contributed by atoms with Crippen molar-refractivity contribution in [2.75, 3.05) is 6.54 Å². The number of allylic oxidation sites excluding steroid dienone is 1. The van der Waals surface area contributed by atoms with E-state index >= 15 is 0 Å². The summed E-state index contributed by atoms with van der Waals surface area (Å²) in [5.74, 6) is 0.847. The normalized spacial score (nSPS) is 15.7. The average Bonchev–Trinajstić information content (AvgIpc) is 2.36. The van der Waals surface area contributed by atoms with Crippen molar-refractivity contribution in [3.05, 3.63) is 35.4 Å². The zero-order valence-electron chi connectivity index (χ0n) is 10.6. The summed E-state index contributed by atoms with van der Waals surface area (Å²) >= 11 is 0. The number of nitrogens with one attached hydrogen (secondary N) is 1. The highest BCUT2D eigenvalue weighted by Gasteiger charge is 2.03. The molecule has 1 aromatic rings. The lowest BCUT2D eigenvalue weighted by molar-refractivity contribution is 0.626. The lowest BCUT2D eigenvalue weighted by Crippen LogP contribution is -2.16. The smallest absolute Gasteiger partial charge is 0.125 e. The van der Waals surface area contributed by atoms with E-state index in [4.69, 9.17) is 0 Å². The van der Waals surface area contributed by atoms with Gasteiger partial charge in [0.2, 0.25) is 0 Å². The highest BCUT2D eigenvalue weighted by molar-refractivity contribution is 5.05. The summed E-state index contributed by atoms with van der Waals surface area (Å²) in [5.41, 5.74) is 2.71. The van der Waals surface area contributed by atoms with Crippen LogP contribution in [0.2, 0.25) is 0 Å². The molecule has 1 aromatic heterocycles. The van der Waals surface area contributed by atoms with Crippen molar-refractivity contribution in [2.45, 2.75) is 45.6 Å². The van der Waals surface area contributed by atoms with Crippen LogP contribution in [-0.4, -0.2) is 16.5 Å². The van der Waals surface area contributed by atoms with Gasteiger partial charge in [0.25, 0.3) is 0 Å². The van der Waals surface area contributed by atoms with Crippen molar-refractivity contribution in [3.63, 3.8) is 0 Å². The Morgan fingerprint density at radius 1 is 1.35 bits per heavy atom. The summed E-state index contributed by atoms with van der Waals surface area (Å²) in [5, 5.41) is 3.45. The predicted octanol–water partition coefficient (Wildman–Crippen LogP) is 2.77. The molecule has 0 bridgehead atoms. The minimum atomic E-state index is 0.844. The third-order valence-electron chi connectivity index (χ3n) is 3.15. The van der Waals surface area contributed by atoms with Gasteiger partial charge in [-0.3, -0.25) is 0 Å². The van der Waals surface area contributed by atoms with E-state index in [-0.39, 0.29) is 0 Å². The molecule has 0 unspecified atom stereocenters. The molecule has 0 saturated carbocycles. The highest BCUT2D eigenvalue weighted by atomic mass is 14.9. The second-order valence-electron chi connectivity index (χ2n) is 4.63. The van der Waals surface area contributed by atoms with Crippen molar-refractivity contribution in [1.29, 1.82) is 0 Å². The van der Waals surface area contributed by atoms with Crippen LogP contribution >= 0.6 is 0 Å². The second-order valence-corrected chi connectivity index (χ2v) is 4.63. The maximum atomic E-state index is 4.37. The van der Waals surface area contributed by atoms with E-state index in [1.54, 1.807) is 5.57 Å². The van der Waals surface area contributed by atoms with Gasteiger partial charge in [-0.1, -0.05) is 11.6 Å². The van der Waals surface area contributed by atoms with Crippen LogP contribution < -0.4 is 5.32 Å². The van der Waals surface area contributed by atoms with E-state index in [9.17, 15) is 0 Å². The Balaban J connectivity index is 1.67. The first-order chi connectivity index (χ1) is 8.34. The van der Waals surface area contributed by atoms with Crippen LogP contribution in [0.15, 0.2) is 23.9 Å². The fourth-order valence-electron chi connectivity index (χ4n) is 2.20. The molecular weight excluding hydrogens is 210 g/mol.